The van der Waals surface area contributed by atoms with Gasteiger partial charge in [-0.3, -0.25) is 0 Å². The summed E-state index contributed by atoms with van der Waals surface area (Å²) < 4.78 is 15.5. The van der Waals surface area contributed by atoms with Gasteiger partial charge in [0.15, 0.2) is 15.2 Å². The fraction of sp³-hybridized carbons (Fsp3) is 0.375. The number of carbonyl (C=O) groups is 1. The number of methoxy groups -OCH3 is 3. The Morgan fingerprint density at radius 3 is 2.64 bits per heavy atom. The molecule has 0 fully saturated rings. The molecule has 0 amide bonds. The second-order valence-electron chi connectivity index (χ2n) is 5.37. The van der Waals surface area contributed by atoms with Gasteiger partial charge in [0.25, 0.3) is 0 Å². The second-order valence-corrected chi connectivity index (χ2v) is 6.70. The summed E-state index contributed by atoms with van der Waals surface area (Å²) in [4.78, 5) is 18.0. The van der Waals surface area contributed by atoms with E-state index < -0.39 is 12.1 Å². The van der Waals surface area contributed by atoms with Gasteiger partial charge in [-0.2, -0.15) is 0 Å². The molecule has 0 bridgehead atoms. The molecule has 1 aliphatic heterocycles. The topological polar surface area (TPSA) is 81.1 Å². The smallest absolute Gasteiger partial charge is 0.351 e. The molecule has 1 atom stereocenters. The van der Waals surface area contributed by atoms with Crippen LogP contribution in [0.4, 0.5) is 5.13 Å². The molecular weight excluding hydrogens is 368 g/mol. The molecule has 9 heteroatoms. The van der Waals surface area contributed by atoms with Crippen LogP contribution in [0.2, 0.25) is 5.15 Å². The first-order chi connectivity index (χ1) is 12.0. The van der Waals surface area contributed by atoms with E-state index in [4.69, 9.17) is 25.8 Å². The minimum absolute atomic E-state index is 0.0877. The van der Waals surface area contributed by atoms with Crippen LogP contribution in [-0.4, -0.2) is 43.9 Å². The number of aliphatic hydroxyl groups excluding tert-OH is 1. The maximum atomic E-state index is 11.7. The number of rotatable bonds is 4. The lowest BCUT2D eigenvalue weighted by atomic mass is 9.95. The molecule has 0 saturated heterocycles. The summed E-state index contributed by atoms with van der Waals surface area (Å²) in [6.45, 7) is 0.734. The number of esters is 1. The fourth-order valence-electron chi connectivity index (χ4n) is 2.87. The molecule has 0 aliphatic carbocycles. The molecule has 25 heavy (non-hydrogen) atoms. The van der Waals surface area contributed by atoms with Crippen LogP contribution in [0, 0.1) is 0 Å². The van der Waals surface area contributed by atoms with Gasteiger partial charge in [0.2, 0.25) is 0 Å². The van der Waals surface area contributed by atoms with E-state index in [9.17, 15) is 9.90 Å². The van der Waals surface area contributed by atoms with Crippen LogP contribution in [0.15, 0.2) is 12.1 Å². The summed E-state index contributed by atoms with van der Waals surface area (Å²) in [5.74, 6) is 0.719. The van der Waals surface area contributed by atoms with E-state index in [1.807, 2.05) is 4.90 Å². The van der Waals surface area contributed by atoms with E-state index >= 15 is 0 Å². The number of benzene rings is 1. The minimum atomic E-state index is -0.793. The summed E-state index contributed by atoms with van der Waals surface area (Å²) in [6.07, 6.45) is -0.793. The van der Waals surface area contributed by atoms with E-state index in [2.05, 4.69) is 4.98 Å². The molecule has 0 saturated carbocycles. The molecule has 0 spiro atoms. The number of hydrogen-bond acceptors (Lipinski definition) is 8. The summed E-state index contributed by atoms with van der Waals surface area (Å²) >= 11 is 7.17. The Morgan fingerprint density at radius 2 is 2.00 bits per heavy atom. The molecule has 7 nitrogen and oxygen atoms in total. The monoisotopic (exact) mass is 384 g/mol. The molecule has 1 aliphatic rings. The van der Waals surface area contributed by atoms with Gasteiger partial charge in [-0.15, -0.1) is 0 Å². The summed E-state index contributed by atoms with van der Waals surface area (Å²) in [5, 5.41) is 11.2. The number of aromatic nitrogens is 1. The van der Waals surface area contributed by atoms with Crippen molar-refractivity contribution in [3.63, 3.8) is 0 Å². The van der Waals surface area contributed by atoms with Gasteiger partial charge in [0, 0.05) is 17.7 Å². The fourth-order valence-corrected chi connectivity index (χ4v) is 4.07. The Labute approximate surface area is 153 Å². The number of nitrogens with zero attached hydrogens (tertiary/aromatic N) is 2. The summed E-state index contributed by atoms with van der Waals surface area (Å²) in [5.41, 5.74) is 1.51. The van der Waals surface area contributed by atoms with Gasteiger partial charge in [-0.05, 0) is 12.1 Å². The zero-order valence-electron chi connectivity index (χ0n) is 13.9. The number of hydrogen-bond donors (Lipinski definition) is 1. The van der Waals surface area contributed by atoms with E-state index in [0.717, 1.165) is 16.9 Å². The lowest BCUT2D eigenvalue weighted by Gasteiger charge is -2.33. The highest BCUT2D eigenvalue weighted by atomic mass is 35.5. The van der Waals surface area contributed by atoms with Crippen molar-refractivity contribution in [2.45, 2.75) is 12.6 Å². The first-order valence-electron chi connectivity index (χ1n) is 7.41. The molecule has 1 aromatic carbocycles. The quantitative estimate of drug-likeness (QED) is 0.811. The standard InChI is InChI=1S/C16H17ClN2O5S/c1-22-10-4-5-11(23-2)12-8(10)6-19(7-9(12)20)16-18-14(17)13(25-16)15(21)24-3/h4-5,9,20H,6-7H2,1-3H3/t9-/m0/s1. The second kappa shape index (κ2) is 7.07. The zero-order chi connectivity index (χ0) is 18.1. The molecule has 1 aromatic heterocycles. The maximum Gasteiger partial charge on any atom is 0.351 e. The molecule has 3 rings (SSSR count). The van der Waals surface area contributed by atoms with Crippen molar-refractivity contribution in [3.05, 3.63) is 33.3 Å². The predicted octanol–water partition coefficient (Wildman–Crippen LogP) is 2.65. The Kier molecular flexibility index (Phi) is 5.03. The molecular formula is C16H17ClN2O5S. The number of fused-ring (bicyclic) bond motifs is 1. The van der Waals surface area contributed by atoms with Crippen LogP contribution in [0.5, 0.6) is 11.5 Å². The van der Waals surface area contributed by atoms with E-state index in [-0.39, 0.29) is 10.0 Å². The van der Waals surface area contributed by atoms with Crippen LogP contribution in [0.1, 0.15) is 26.9 Å². The van der Waals surface area contributed by atoms with Crippen LogP contribution in [0.3, 0.4) is 0 Å². The number of carbonyl (C=O) groups excluding carboxylic acids is 1. The number of ether oxygens (including phenoxy) is 3. The number of aliphatic hydroxyl groups is 1. The third kappa shape index (κ3) is 3.12. The van der Waals surface area contributed by atoms with E-state index in [0.29, 0.717) is 35.3 Å². The van der Waals surface area contributed by atoms with Crippen molar-refractivity contribution in [1.29, 1.82) is 0 Å². The van der Waals surface area contributed by atoms with Gasteiger partial charge in [0.1, 0.15) is 17.6 Å². The Hall–Kier alpha value is -2.03. The summed E-state index contributed by atoms with van der Waals surface area (Å²) in [7, 11) is 4.42. The SMILES string of the molecule is COC(=O)c1sc(N2Cc3c(OC)ccc(OC)c3[C@@H](O)C2)nc1Cl. The molecule has 1 N–H and O–H groups in total. The van der Waals surface area contributed by atoms with E-state index in [1.165, 1.54) is 7.11 Å². The highest BCUT2D eigenvalue weighted by molar-refractivity contribution is 7.18. The Balaban J connectivity index is 2.00. The predicted molar refractivity (Wildman–Crippen MR) is 94.0 cm³/mol. The normalized spacial score (nSPS) is 16.4. The number of halogens is 1. The average molecular weight is 385 g/mol. The van der Waals surface area contributed by atoms with Gasteiger partial charge in [-0.1, -0.05) is 22.9 Å². The number of β-amino-alcohol motifs (C(OH)–C–C–N with tert-alkyl or cyclic N) is 1. The Bertz CT molecular complexity index is 810. The molecule has 2 aromatic rings. The molecule has 0 unspecified atom stereocenters. The summed E-state index contributed by atoms with van der Waals surface area (Å²) in [6, 6.07) is 3.56. The third-order valence-corrected chi connectivity index (χ3v) is 5.49. The lowest BCUT2D eigenvalue weighted by molar-refractivity contribution is 0.0606. The van der Waals surface area contributed by atoms with Crippen LogP contribution in [-0.2, 0) is 11.3 Å². The van der Waals surface area contributed by atoms with Crippen LogP contribution in [0.25, 0.3) is 0 Å². The average Bonchev–Trinajstić information content (AvgIpc) is 3.01. The van der Waals surface area contributed by atoms with Gasteiger partial charge in [0.05, 0.1) is 27.9 Å². The third-order valence-electron chi connectivity index (χ3n) is 4.01. The van der Waals surface area contributed by atoms with Gasteiger partial charge < -0.3 is 24.2 Å². The van der Waals surface area contributed by atoms with Crippen LogP contribution >= 0.6 is 22.9 Å². The van der Waals surface area contributed by atoms with E-state index in [1.54, 1.807) is 26.4 Å². The van der Waals surface area contributed by atoms with Crippen LogP contribution < -0.4 is 14.4 Å². The highest BCUT2D eigenvalue weighted by Crippen LogP contribution is 2.42. The van der Waals surface area contributed by atoms with Crippen molar-refractivity contribution in [2.24, 2.45) is 0 Å². The largest absolute Gasteiger partial charge is 0.496 e. The minimum Gasteiger partial charge on any atom is -0.496 e. The van der Waals surface area contributed by atoms with Crippen molar-refractivity contribution in [1.82, 2.24) is 4.98 Å². The molecule has 134 valence electrons. The van der Waals surface area contributed by atoms with Gasteiger partial charge in [-0.25, -0.2) is 9.78 Å². The maximum absolute atomic E-state index is 11.7. The first-order valence-corrected chi connectivity index (χ1v) is 8.61. The van der Waals surface area contributed by atoms with Crippen molar-refractivity contribution >= 4 is 34.0 Å². The number of anilines is 1. The first kappa shape index (κ1) is 17.8. The Morgan fingerprint density at radius 1 is 1.32 bits per heavy atom. The lowest BCUT2D eigenvalue weighted by Crippen LogP contribution is -2.34. The van der Waals surface area contributed by atoms with Crippen molar-refractivity contribution in [3.8, 4) is 11.5 Å². The molecule has 2 heterocycles. The zero-order valence-corrected chi connectivity index (χ0v) is 15.5. The van der Waals surface area contributed by atoms with Crippen molar-refractivity contribution < 1.29 is 24.1 Å². The molecule has 0 radical (unpaired) electrons. The van der Waals surface area contributed by atoms with Crippen molar-refractivity contribution in [2.75, 3.05) is 32.8 Å². The highest BCUT2D eigenvalue weighted by Gasteiger charge is 2.32. The number of thiazole rings is 1. The van der Waals surface area contributed by atoms with Gasteiger partial charge >= 0.3 is 5.97 Å².